The normalized spacial score (nSPS) is 18.4. The fourth-order valence-corrected chi connectivity index (χ4v) is 1.46. The van der Waals surface area contributed by atoms with Crippen LogP contribution in [-0.4, -0.2) is 40.6 Å². The highest BCUT2D eigenvalue weighted by molar-refractivity contribution is 5.83. The lowest BCUT2D eigenvalue weighted by atomic mass is 10.1. The average Bonchev–Trinajstić information content (AvgIpc) is 2.80. The molecular weight excluding hydrogens is 215 g/mol. The van der Waals surface area contributed by atoms with E-state index in [0.29, 0.717) is 17.7 Å². The topological polar surface area (TPSA) is 57.6 Å². The molecule has 0 bridgehead atoms. The SMILES string of the molecule is CN(C(=O)C(F)(F)F)C1(CC(=O)O)CC1. The molecule has 0 heterocycles. The average molecular weight is 225 g/mol. The summed E-state index contributed by atoms with van der Waals surface area (Å²) >= 11 is 0. The van der Waals surface area contributed by atoms with Gasteiger partial charge in [0.15, 0.2) is 0 Å². The third-order valence-corrected chi connectivity index (χ3v) is 2.57. The molecule has 1 amide bonds. The van der Waals surface area contributed by atoms with Crippen molar-refractivity contribution in [1.82, 2.24) is 4.90 Å². The lowest BCUT2D eigenvalue weighted by Crippen LogP contribution is -2.46. The Balaban J connectivity index is 2.72. The molecule has 7 heteroatoms. The molecule has 1 aliphatic rings. The smallest absolute Gasteiger partial charge is 0.471 e. The van der Waals surface area contributed by atoms with Crippen molar-refractivity contribution in [3.8, 4) is 0 Å². The zero-order valence-electron chi connectivity index (χ0n) is 7.97. The number of nitrogens with zero attached hydrogens (tertiary/aromatic N) is 1. The molecule has 1 saturated carbocycles. The minimum atomic E-state index is -4.94. The van der Waals surface area contributed by atoms with E-state index in [1.165, 1.54) is 0 Å². The number of amides is 1. The van der Waals surface area contributed by atoms with Gasteiger partial charge in [0.1, 0.15) is 0 Å². The number of rotatable bonds is 3. The van der Waals surface area contributed by atoms with Gasteiger partial charge in [-0.15, -0.1) is 0 Å². The summed E-state index contributed by atoms with van der Waals surface area (Å²) in [7, 11) is 0.992. The van der Waals surface area contributed by atoms with E-state index in [9.17, 15) is 22.8 Å². The molecular formula is C8H10F3NO3. The van der Waals surface area contributed by atoms with Crippen LogP contribution in [0.1, 0.15) is 19.3 Å². The molecule has 15 heavy (non-hydrogen) atoms. The zero-order chi connectivity index (χ0) is 11.9. The predicted octanol–water partition coefficient (Wildman–Crippen LogP) is 1.01. The first-order valence-corrected chi connectivity index (χ1v) is 4.26. The molecule has 4 nitrogen and oxygen atoms in total. The van der Waals surface area contributed by atoms with Gasteiger partial charge in [0, 0.05) is 7.05 Å². The van der Waals surface area contributed by atoms with Crippen molar-refractivity contribution < 1.29 is 27.9 Å². The van der Waals surface area contributed by atoms with Crippen molar-refractivity contribution in [1.29, 1.82) is 0 Å². The van der Waals surface area contributed by atoms with Gasteiger partial charge in [-0.1, -0.05) is 0 Å². The lowest BCUT2D eigenvalue weighted by Gasteiger charge is -2.27. The Hall–Kier alpha value is -1.27. The van der Waals surface area contributed by atoms with E-state index in [1.54, 1.807) is 0 Å². The fraction of sp³-hybridized carbons (Fsp3) is 0.750. The number of aliphatic carboxylic acids is 1. The van der Waals surface area contributed by atoms with E-state index in [2.05, 4.69) is 0 Å². The number of hydrogen-bond acceptors (Lipinski definition) is 2. The molecule has 86 valence electrons. The van der Waals surface area contributed by atoms with Crippen LogP contribution in [0.25, 0.3) is 0 Å². The predicted molar refractivity (Wildman–Crippen MR) is 43.0 cm³/mol. The number of carboxylic acid groups (broad SMARTS) is 1. The maximum Gasteiger partial charge on any atom is 0.471 e. The molecule has 0 saturated heterocycles. The second-order valence-corrected chi connectivity index (χ2v) is 3.66. The summed E-state index contributed by atoms with van der Waals surface area (Å²) in [6.45, 7) is 0. The molecule has 0 aromatic carbocycles. The Kier molecular flexibility index (Phi) is 2.67. The van der Waals surface area contributed by atoms with E-state index in [4.69, 9.17) is 5.11 Å². The van der Waals surface area contributed by atoms with Crippen molar-refractivity contribution in [2.75, 3.05) is 7.05 Å². The number of halogens is 3. The van der Waals surface area contributed by atoms with Crippen LogP contribution in [0.4, 0.5) is 13.2 Å². The highest BCUT2D eigenvalue weighted by atomic mass is 19.4. The molecule has 0 spiro atoms. The van der Waals surface area contributed by atoms with Crippen molar-refractivity contribution in [3.63, 3.8) is 0 Å². The Morgan fingerprint density at radius 1 is 1.40 bits per heavy atom. The molecule has 1 aliphatic carbocycles. The molecule has 1 rings (SSSR count). The molecule has 0 aliphatic heterocycles. The second-order valence-electron chi connectivity index (χ2n) is 3.66. The molecule has 1 N–H and O–H groups in total. The largest absolute Gasteiger partial charge is 0.481 e. The summed E-state index contributed by atoms with van der Waals surface area (Å²) in [4.78, 5) is 21.8. The van der Waals surface area contributed by atoms with Crippen LogP contribution in [-0.2, 0) is 9.59 Å². The fourth-order valence-electron chi connectivity index (χ4n) is 1.46. The van der Waals surface area contributed by atoms with Crippen LogP contribution in [0, 0.1) is 0 Å². The molecule has 1 fully saturated rings. The van der Waals surface area contributed by atoms with Gasteiger partial charge in [0.2, 0.25) is 0 Å². The van der Waals surface area contributed by atoms with Crippen LogP contribution >= 0.6 is 0 Å². The van der Waals surface area contributed by atoms with Gasteiger partial charge in [-0.3, -0.25) is 9.59 Å². The summed E-state index contributed by atoms with van der Waals surface area (Å²) < 4.78 is 36.2. The standard InChI is InChI=1S/C8H10F3NO3/c1-12(6(15)8(9,10)11)7(2-3-7)4-5(13)14/h2-4H2,1H3,(H,13,14). The van der Waals surface area contributed by atoms with Gasteiger partial charge in [0.05, 0.1) is 12.0 Å². The summed E-state index contributed by atoms with van der Waals surface area (Å²) in [5.41, 5.74) is -1.13. The van der Waals surface area contributed by atoms with Gasteiger partial charge < -0.3 is 10.0 Å². The highest BCUT2D eigenvalue weighted by Gasteiger charge is 2.55. The highest BCUT2D eigenvalue weighted by Crippen LogP contribution is 2.45. The van der Waals surface area contributed by atoms with E-state index in [1.807, 2.05) is 0 Å². The number of hydrogen-bond donors (Lipinski definition) is 1. The molecule has 0 radical (unpaired) electrons. The van der Waals surface area contributed by atoms with E-state index in [-0.39, 0.29) is 0 Å². The second kappa shape index (κ2) is 3.39. The van der Waals surface area contributed by atoms with E-state index in [0.717, 1.165) is 7.05 Å². The molecule has 0 atom stereocenters. The number of alkyl halides is 3. The van der Waals surface area contributed by atoms with Crippen LogP contribution < -0.4 is 0 Å². The molecule has 0 aromatic heterocycles. The summed E-state index contributed by atoms with van der Waals surface area (Å²) in [5, 5.41) is 8.50. The quantitative estimate of drug-likeness (QED) is 0.779. The van der Waals surface area contributed by atoms with Crippen molar-refractivity contribution in [3.05, 3.63) is 0 Å². The third-order valence-electron chi connectivity index (χ3n) is 2.57. The Bertz CT molecular complexity index is 296. The lowest BCUT2D eigenvalue weighted by molar-refractivity contribution is -0.187. The summed E-state index contributed by atoms with van der Waals surface area (Å²) in [6.07, 6.45) is -4.77. The van der Waals surface area contributed by atoms with E-state index < -0.39 is 30.0 Å². The van der Waals surface area contributed by atoms with Gasteiger partial charge in [-0.05, 0) is 12.8 Å². The Morgan fingerprint density at radius 2 is 1.87 bits per heavy atom. The third kappa shape index (κ3) is 2.40. The summed E-state index contributed by atoms with van der Waals surface area (Å²) in [6, 6.07) is 0. The maximum absolute atomic E-state index is 12.1. The van der Waals surface area contributed by atoms with E-state index >= 15 is 0 Å². The molecule has 0 aromatic rings. The number of carboxylic acids is 1. The monoisotopic (exact) mass is 225 g/mol. The van der Waals surface area contributed by atoms with Gasteiger partial charge in [-0.25, -0.2) is 0 Å². The minimum Gasteiger partial charge on any atom is -0.481 e. The van der Waals surface area contributed by atoms with Crippen LogP contribution in [0.3, 0.4) is 0 Å². The molecule has 0 unspecified atom stereocenters. The Labute approximate surface area is 83.7 Å². The van der Waals surface area contributed by atoms with Crippen molar-refractivity contribution in [2.45, 2.75) is 31.0 Å². The van der Waals surface area contributed by atoms with Crippen LogP contribution in [0.5, 0.6) is 0 Å². The van der Waals surface area contributed by atoms with Crippen LogP contribution in [0.15, 0.2) is 0 Å². The van der Waals surface area contributed by atoms with Gasteiger partial charge >= 0.3 is 18.1 Å². The van der Waals surface area contributed by atoms with Gasteiger partial charge in [-0.2, -0.15) is 13.2 Å². The van der Waals surface area contributed by atoms with Crippen molar-refractivity contribution in [2.24, 2.45) is 0 Å². The summed E-state index contributed by atoms with van der Waals surface area (Å²) in [5.74, 6) is -3.18. The maximum atomic E-state index is 12.1. The first-order valence-electron chi connectivity index (χ1n) is 4.26. The first-order chi connectivity index (χ1) is 6.69. The Morgan fingerprint density at radius 3 is 2.13 bits per heavy atom. The number of carbonyl (C=O) groups excluding carboxylic acids is 1. The first kappa shape index (κ1) is 11.8. The number of carbonyl (C=O) groups is 2. The van der Waals surface area contributed by atoms with Crippen LogP contribution in [0.2, 0.25) is 0 Å². The van der Waals surface area contributed by atoms with Gasteiger partial charge in [0.25, 0.3) is 0 Å². The van der Waals surface area contributed by atoms with Crippen molar-refractivity contribution >= 4 is 11.9 Å². The zero-order valence-corrected chi connectivity index (χ0v) is 7.97. The minimum absolute atomic E-state index is 0.303.